The van der Waals surface area contributed by atoms with Crippen LogP contribution in [0.4, 0.5) is 17.1 Å². The Kier molecular flexibility index (Phi) is 10.4. The van der Waals surface area contributed by atoms with Gasteiger partial charge in [-0.1, -0.05) is 183 Å². The maximum absolute atomic E-state index is 6.47. The number of hydrogen-bond acceptors (Lipinski definition) is 2. The van der Waals surface area contributed by atoms with Crippen LogP contribution in [0.5, 0.6) is 11.5 Å². The Balaban J connectivity index is 1.12. The lowest BCUT2D eigenvalue weighted by Crippen LogP contribution is -2.28. The number of benzene rings is 9. The average molecular weight is 800 g/mol. The van der Waals surface area contributed by atoms with Crippen molar-refractivity contribution in [1.82, 2.24) is 0 Å². The molecular formula is C60H49NO. The van der Waals surface area contributed by atoms with E-state index in [-0.39, 0.29) is 0 Å². The second kappa shape index (κ2) is 16.6. The van der Waals surface area contributed by atoms with E-state index in [1.807, 2.05) is 0 Å². The summed E-state index contributed by atoms with van der Waals surface area (Å²) >= 11 is 0. The first-order valence-corrected chi connectivity index (χ1v) is 21.8. The van der Waals surface area contributed by atoms with Gasteiger partial charge in [0.2, 0.25) is 0 Å². The number of aryl methyl sites for hydroxylation is 1. The summed E-state index contributed by atoms with van der Waals surface area (Å²) in [4.78, 5) is 2.40. The molecule has 0 heterocycles. The van der Waals surface area contributed by atoms with Crippen molar-refractivity contribution in [1.29, 1.82) is 0 Å². The Hall–Kier alpha value is -7.42. The van der Waals surface area contributed by atoms with Gasteiger partial charge in [0.25, 0.3) is 0 Å². The molecule has 1 aliphatic rings. The van der Waals surface area contributed by atoms with Gasteiger partial charge in [0.15, 0.2) is 0 Å². The van der Waals surface area contributed by atoms with E-state index in [4.69, 9.17) is 4.74 Å². The summed E-state index contributed by atoms with van der Waals surface area (Å²) in [7, 11) is 0. The van der Waals surface area contributed by atoms with E-state index < -0.39 is 5.41 Å². The number of ether oxygens (including phenoxy) is 1. The second-order valence-corrected chi connectivity index (χ2v) is 16.6. The Morgan fingerprint density at radius 1 is 0.435 bits per heavy atom. The highest BCUT2D eigenvalue weighted by Gasteiger charge is 2.46. The van der Waals surface area contributed by atoms with Gasteiger partial charge in [0.1, 0.15) is 11.5 Å². The van der Waals surface area contributed by atoms with Gasteiger partial charge >= 0.3 is 0 Å². The Morgan fingerprint density at radius 2 is 0.887 bits per heavy atom. The minimum atomic E-state index is -0.591. The lowest BCUT2D eigenvalue weighted by atomic mass is 9.67. The number of rotatable bonds is 11. The molecule has 2 nitrogen and oxygen atoms in total. The fourth-order valence-electron chi connectivity index (χ4n) is 9.32. The summed E-state index contributed by atoms with van der Waals surface area (Å²) in [5.41, 5.74) is 17.5. The third kappa shape index (κ3) is 7.08. The molecule has 10 rings (SSSR count). The molecule has 0 spiro atoms. The van der Waals surface area contributed by atoms with Gasteiger partial charge in [-0.3, -0.25) is 0 Å². The lowest BCUT2D eigenvalue weighted by Gasteiger charge is -2.35. The summed E-state index contributed by atoms with van der Waals surface area (Å²) in [6, 6.07) is 81.6. The summed E-state index contributed by atoms with van der Waals surface area (Å²) in [6.07, 6.45) is 1.11. The first-order valence-electron chi connectivity index (χ1n) is 21.8. The second-order valence-electron chi connectivity index (χ2n) is 16.6. The van der Waals surface area contributed by atoms with Gasteiger partial charge in [-0.25, -0.2) is 0 Å². The summed E-state index contributed by atoms with van der Waals surface area (Å²) < 4.78 is 6.47. The highest BCUT2D eigenvalue weighted by molar-refractivity contribution is 5.90. The van der Waals surface area contributed by atoms with Crippen molar-refractivity contribution in [2.24, 2.45) is 0 Å². The van der Waals surface area contributed by atoms with Crippen LogP contribution >= 0.6 is 0 Å². The molecule has 62 heavy (non-hydrogen) atoms. The topological polar surface area (TPSA) is 12.5 Å². The number of nitrogens with zero attached hydrogens (tertiary/aromatic N) is 1. The Morgan fingerprint density at radius 3 is 1.44 bits per heavy atom. The molecule has 0 fully saturated rings. The van der Waals surface area contributed by atoms with E-state index in [0.29, 0.717) is 5.92 Å². The molecule has 0 radical (unpaired) electrons. The summed E-state index contributed by atoms with van der Waals surface area (Å²) in [5.74, 6) is 2.17. The zero-order valence-corrected chi connectivity index (χ0v) is 35.5. The third-order valence-electron chi connectivity index (χ3n) is 12.8. The Bertz CT molecular complexity index is 2850. The van der Waals surface area contributed by atoms with Crippen molar-refractivity contribution < 1.29 is 4.74 Å². The molecule has 0 amide bonds. The lowest BCUT2D eigenvalue weighted by molar-refractivity contribution is 0.481. The van der Waals surface area contributed by atoms with E-state index in [1.54, 1.807) is 0 Å². The monoisotopic (exact) mass is 799 g/mol. The van der Waals surface area contributed by atoms with Gasteiger partial charge < -0.3 is 9.64 Å². The number of hydrogen-bond donors (Lipinski definition) is 0. The van der Waals surface area contributed by atoms with E-state index in [9.17, 15) is 0 Å². The molecule has 0 N–H and O–H groups in total. The van der Waals surface area contributed by atoms with Gasteiger partial charge in [0, 0.05) is 17.1 Å². The van der Waals surface area contributed by atoms with Gasteiger partial charge in [-0.2, -0.15) is 0 Å². The van der Waals surface area contributed by atoms with Gasteiger partial charge in [-0.05, 0) is 141 Å². The molecule has 2 heteroatoms. The predicted octanol–water partition coefficient (Wildman–Crippen LogP) is 16.5. The quantitative estimate of drug-likeness (QED) is 0.129. The molecule has 9 aromatic carbocycles. The highest BCUT2D eigenvalue weighted by Crippen LogP contribution is 2.57. The molecular weight excluding hydrogens is 751 g/mol. The fraction of sp³-hybridized carbons (Fsp3) is 0.100. The van der Waals surface area contributed by atoms with Crippen molar-refractivity contribution >= 4 is 17.1 Å². The van der Waals surface area contributed by atoms with Crippen LogP contribution in [0.3, 0.4) is 0 Å². The van der Waals surface area contributed by atoms with Crippen LogP contribution in [-0.2, 0) is 5.41 Å². The largest absolute Gasteiger partial charge is 0.457 e. The molecule has 9 aromatic rings. The van der Waals surface area contributed by atoms with Crippen LogP contribution in [0.2, 0.25) is 0 Å². The van der Waals surface area contributed by atoms with Crippen LogP contribution in [-0.4, -0.2) is 0 Å². The summed E-state index contributed by atoms with van der Waals surface area (Å²) in [6.45, 7) is 6.66. The molecule has 0 saturated heterocycles. The average Bonchev–Trinajstić information content (AvgIpc) is 3.63. The number of fused-ring (bicyclic) bond motifs is 3. The van der Waals surface area contributed by atoms with Gasteiger partial charge in [0.05, 0.1) is 5.41 Å². The summed E-state index contributed by atoms with van der Waals surface area (Å²) in [5, 5.41) is 0. The van der Waals surface area contributed by atoms with Crippen molar-refractivity contribution in [2.45, 2.75) is 38.5 Å². The molecule has 1 aliphatic carbocycles. The van der Waals surface area contributed by atoms with E-state index in [1.165, 1.54) is 66.8 Å². The third-order valence-corrected chi connectivity index (χ3v) is 12.8. The standard InChI is InChI=1S/C60H49NO/c1-4-43(3)44-25-36-54(37-26-44)62-55-38-29-50(30-39-55)60(49-27-19-42(2)20-28-49)58-18-12-11-17-56(58)57-40-35-53(41-59(57)60)61(51-31-21-47(22-32-51)45-13-7-5-8-14-45)52-33-23-48(24-34-52)46-15-9-6-10-16-46/h5-41,43H,4H2,1-3H3. The van der Waals surface area contributed by atoms with Crippen LogP contribution in [0.1, 0.15) is 59.6 Å². The van der Waals surface area contributed by atoms with E-state index in [0.717, 1.165) is 35.0 Å². The normalized spacial score (nSPS) is 14.4. The van der Waals surface area contributed by atoms with Crippen molar-refractivity contribution in [3.8, 4) is 44.9 Å². The van der Waals surface area contributed by atoms with Crippen LogP contribution in [0.25, 0.3) is 33.4 Å². The molecule has 0 saturated carbocycles. The van der Waals surface area contributed by atoms with Crippen LogP contribution in [0.15, 0.2) is 224 Å². The first-order chi connectivity index (χ1) is 30.5. The van der Waals surface area contributed by atoms with Crippen molar-refractivity contribution in [2.75, 3.05) is 4.90 Å². The molecule has 0 aromatic heterocycles. The Labute approximate surface area is 366 Å². The molecule has 300 valence electrons. The van der Waals surface area contributed by atoms with Gasteiger partial charge in [-0.15, -0.1) is 0 Å². The van der Waals surface area contributed by atoms with Crippen LogP contribution < -0.4 is 9.64 Å². The number of anilines is 3. The van der Waals surface area contributed by atoms with Crippen molar-refractivity contribution in [3.63, 3.8) is 0 Å². The SMILES string of the molecule is CCC(C)c1ccc(Oc2ccc(C3(c4ccc(C)cc4)c4ccccc4-c4ccc(N(c5ccc(-c6ccccc6)cc5)c5ccc(-c6ccccc6)cc5)cc43)cc2)cc1. The van der Waals surface area contributed by atoms with Crippen molar-refractivity contribution in [3.05, 3.63) is 258 Å². The predicted molar refractivity (Wildman–Crippen MR) is 259 cm³/mol. The zero-order valence-electron chi connectivity index (χ0n) is 35.5. The molecule has 0 aliphatic heterocycles. The maximum Gasteiger partial charge on any atom is 0.127 e. The molecule has 2 atom stereocenters. The first kappa shape index (κ1) is 38.8. The van der Waals surface area contributed by atoms with Crippen LogP contribution in [0, 0.1) is 6.92 Å². The van der Waals surface area contributed by atoms with E-state index in [2.05, 4.69) is 250 Å². The zero-order chi connectivity index (χ0) is 42.0. The molecule has 2 unspecified atom stereocenters. The van der Waals surface area contributed by atoms with E-state index >= 15 is 0 Å². The highest BCUT2D eigenvalue weighted by atomic mass is 16.5. The smallest absolute Gasteiger partial charge is 0.127 e. The minimum absolute atomic E-state index is 0.520. The minimum Gasteiger partial charge on any atom is -0.457 e. The maximum atomic E-state index is 6.47. The molecule has 0 bridgehead atoms. The fourth-order valence-corrected chi connectivity index (χ4v) is 9.32.